The molecule has 1 saturated heterocycles. The number of hydrogen-bond acceptors (Lipinski definition) is 6. The van der Waals surface area contributed by atoms with Gasteiger partial charge in [0.2, 0.25) is 0 Å². The molecule has 7 heteroatoms. The van der Waals surface area contributed by atoms with Crippen molar-refractivity contribution in [2.75, 3.05) is 31.1 Å². The number of aromatic nitrogens is 3. The maximum absolute atomic E-state index is 12.2. The lowest BCUT2D eigenvalue weighted by Gasteiger charge is -2.35. The number of esters is 1. The van der Waals surface area contributed by atoms with E-state index in [-0.39, 0.29) is 12.0 Å². The Kier molecular flexibility index (Phi) is 3.74. The highest BCUT2D eigenvalue weighted by Crippen LogP contribution is 2.22. The van der Waals surface area contributed by atoms with E-state index in [1.807, 2.05) is 31.0 Å². The van der Waals surface area contributed by atoms with Crippen LogP contribution in [0.1, 0.15) is 12.6 Å². The Morgan fingerprint density at radius 2 is 2.43 bits per heavy atom. The molecule has 7 nitrogen and oxygen atoms in total. The molecule has 0 radical (unpaired) electrons. The smallest absolute Gasteiger partial charge is 0.330 e. The third-order valence-corrected chi connectivity index (χ3v) is 3.57. The van der Waals surface area contributed by atoms with Crippen LogP contribution in [-0.4, -0.2) is 52.9 Å². The van der Waals surface area contributed by atoms with E-state index in [9.17, 15) is 4.79 Å². The molecule has 21 heavy (non-hydrogen) atoms. The number of nitrogens with zero attached hydrogens (tertiary/aromatic N) is 4. The first-order chi connectivity index (χ1) is 10.2. The second-order valence-electron chi connectivity index (χ2n) is 5.03. The number of fused-ring (bicyclic) bond motifs is 1. The lowest BCUT2D eigenvalue weighted by Crippen LogP contribution is -2.56. The Morgan fingerprint density at radius 3 is 3.24 bits per heavy atom. The zero-order chi connectivity index (χ0) is 14.8. The van der Waals surface area contributed by atoms with E-state index in [1.165, 1.54) is 0 Å². The SMILES string of the molecule is CCOC(=O)C1CNCCN1c1nccn2nc(C)cc12. The van der Waals surface area contributed by atoms with Gasteiger partial charge in [0.15, 0.2) is 5.82 Å². The normalized spacial score (nSPS) is 19.0. The molecule has 1 aliphatic heterocycles. The molecule has 0 amide bonds. The summed E-state index contributed by atoms with van der Waals surface area (Å²) in [7, 11) is 0. The third kappa shape index (κ3) is 2.56. The maximum atomic E-state index is 12.2. The van der Waals surface area contributed by atoms with Gasteiger partial charge in [0, 0.05) is 32.0 Å². The fourth-order valence-corrected chi connectivity index (χ4v) is 2.66. The monoisotopic (exact) mass is 289 g/mol. The minimum absolute atomic E-state index is 0.218. The summed E-state index contributed by atoms with van der Waals surface area (Å²) < 4.78 is 6.97. The number of carbonyl (C=O) groups is 1. The molecule has 2 aromatic rings. The first-order valence-electron chi connectivity index (χ1n) is 7.15. The van der Waals surface area contributed by atoms with E-state index in [0.717, 1.165) is 23.6 Å². The van der Waals surface area contributed by atoms with E-state index in [2.05, 4.69) is 15.4 Å². The van der Waals surface area contributed by atoms with Crippen LogP contribution in [0.2, 0.25) is 0 Å². The van der Waals surface area contributed by atoms with Crippen molar-refractivity contribution < 1.29 is 9.53 Å². The highest BCUT2D eigenvalue weighted by molar-refractivity contribution is 5.83. The van der Waals surface area contributed by atoms with Crippen molar-refractivity contribution in [2.45, 2.75) is 19.9 Å². The lowest BCUT2D eigenvalue weighted by atomic mass is 10.2. The summed E-state index contributed by atoms with van der Waals surface area (Å²) in [5, 5.41) is 7.63. The average molecular weight is 289 g/mol. The lowest BCUT2D eigenvalue weighted by molar-refractivity contribution is -0.144. The van der Waals surface area contributed by atoms with E-state index in [0.29, 0.717) is 19.7 Å². The van der Waals surface area contributed by atoms with Gasteiger partial charge in [0.1, 0.15) is 11.6 Å². The van der Waals surface area contributed by atoms with Gasteiger partial charge in [-0.05, 0) is 19.9 Å². The number of piperazine rings is 1. The number of hydrogen-bond donors (Lipinski definition) is 1. The molecule has 112 valence electrons. The Morgan fingerprint density at radius 1 is 1.57 bits per heavy atom. The van der Waals surface area contributed by atoms with Crippen LogP contribution in [0.15, 0.2) is 18.5 Å². The molecule has 3 heterocycles. The summed E-state index contributed by atoms with van der Waals surface area (Å²) in [5.74, 6) is 0.558. The van der Waals surface area contributed by atoms with Gasteiger partial charge in [-0.3, -0.25) is 0 Å². The molecule has 3 rings (SSSR count). The van der Waals surface area contributed by atoms with Crippen molar-refractivity contribution in [1.82, 2.24) is 19.9 Å². The maximum Gasteiger partial charge on any atom is 0.330 e. The number of anilines is 1. The summed E-state index contributed by atoms with van der Waals surface area (Å²) in [6, 6.07) is 1.62. The number of carbonyl (C=O) groups excluding carboxylic acids is 1. The Labute approximate surface area is 122 Å². The van der Waals surface area contributed by atoms with Gasteiger partial charge in [-0.2, -0.15) is 5.10 Å². The number of aryl methyl sites for hydroxylation is 1. The summed E-state index contributed by atoms with van der Waals surface area (Å²) >= 11 is 0. The highest BCUT2D eigenvalue weighted by atomic mass is 16.5. The number of nitrogens with one attached hydrogen (secondary N) is 1. The average Bonchev–Trinajstić information content (AvgIpc) is 2.87. The van der Waals surface area contributed by atoms with Crippen LogP contribution in [0.4, 0.5) is 5.82 Å². The molecule has 0 aromatic carbocycles. The van der Waals surface area contributed by atoms with Crippen molar-refractivity contribution in [2.24, 2.45) is 0 Å². The summed E-state index contributed by atoms with van der Waals surface area (Å²) in [4.78, 5) is 18.6. The molecule has 1 N–H and O–H groups in total. The minimum atomic E-state index is -0.354. The first kappa shape index (κ1) is 13.8. The second-order valence-corrected chi connectivity index (χ2v) is 5.03. The van der Waals surface area contributed by atoms with Gasteiger partial charge in [-0.1, -0.05) is 0 Å². The van der Waals surface area contributed by atoms with E-state index >= 15 is 0 Å². The Balaban J connectivity index is 2.00. The van der Waals surface area contributed by atoms with Crippen LogP contribution >= 0.6 is 0 Å². The predicted octanol–water partition coefficient (Wildman–Crippen LogP) is 0.379. The first-order valence-corrected chi connectivity index (χ1v) is 7.15. The molecule has 2 aromatic heterocycles. The summed E-state index contributed by atoms with van der Waals surface area (Å²) in [6.45, 7) is 6.22. The van der Waals surface area contributed by atoms with Crippen molar-refractivity contribution in [3.63, 3.8) is 0 Å². The molecule has 1 fully saturated rings. The third-order valence-electron chi connectivity index (χ3n) is 3.57. The van der Waals surface area contributed by atoms with E-state index < -0.39 is 0 Å². The molecule has 1 aliphatic rings. The Hall–Kier alpha value is -2.15. The van der Waals surface area contributed by atoms with Crippen LogP contribution in [-0.2, 0) is 9.53 Å². The fourth-order valence-electron chi connectivity index (χ4n) is 2.66. The highest BCUT2D eigenvalue weighted by Gasteiger charge is 2.31. The van der Waals surface area contributed by atoms with Gasteiger partial charge >= 0.3 is 5.97 Å². The molecular formula is C14H19N5O2. The number of rotatable bonds is 3. The van der Waals surface area contributed by atoms with Gasteiger partial charge in [0.25, 0.3) is 0 Å². The zero-order valence-corrected chi connectivity index (χ0v) is 12.2. The topological polar surface area (TPSA) is 71.8 Å². The van der Waals surface area contributed by atoms with E-state index in [4.69, 9.17) is 4.74 Å². The molecule has 0 saturated carbocycles. The van der Waals surface area contributed by atoms with Crippen LogP contribution in [0.3, 0.4) is 0 Å². The van der Waals surface area contributed by atoms with Crippen molar-refractivity contribution in [3.05, 3.63) is 24.2 Å². The molecular weight excluding hydrogens is 270 g/mol. The van der Waals surface area contributed by atoms with Crippen molar-refractivity contribution >= 4 is 17.3 Å². The largest absolute Gasteiger partial charge is 0.464 e. The molecule has 1 unspecified atom stereocenters. The standard InChI is InChI=1S/C14H19N5O2/c1-3-21-14(20)12-9-15-4-6-18(12)13-11-8-10(2)17-19(11)7-5-16-13/h5,7-8,12,15H,3-4,6,9H2,1-2H3. The molecule has 0 spiro atoms. The van der Waals surface area contributed by atoms with E-state index in [1.54, 1.807) is 10.7 Å². The molecule has 0 bridgehead atoms. The fraction of sp³-hybridized carbons (Fsp3) is 0.500. The Bertz CT molecular complexity index is 654. The minimum Gasteiger partial charge on any atom is -0.464 e. The second kappa shape index (κ2) is 5.69. The molecule has 1 atom stereocenters. The van der Waals surface area contributed by atoms with Crippen molar-refractivity contribution in [1.29, 1.82) is 0 Å². The van der Waals surface area contributed by atoms with Gasteiger partial charge < -0.3 is 15.0 Å². The predicted molar refractivity (Wildman–Crippen MR) is 78.4 cm³/mol. The summed E-state index contributed by atoms with van der Waals surface area (Å²) in [6.07, 6.45) is 3.52. The summed E-state index contributed by atoms with van der Waals surface area (Å²) in [5.41, 5.74) is 1.83. The van der Waals surface area contributed by atoms with Crippen molar-refractivity contribution in [3.8, 4) is 0 Å². The zero-order valence-electron chi connectivity index (χ0n) is 12.2. The number of ether oxygens (including phenoxy) is 1. The molecule has 0 aliphatic carbocycles. The van der Waals surface area contributed by atoms with Crippen LogP contribution in [0, 0.1) is 6.92 Å². The quantitative estimate of drug-likeness (QED) is 0.824. The van der Waals surface area contributed by atoms with Crippen LogP contribution in [0.25, 0.3) is 5.52 Å². The van der Waals surface area contributed by atoms with Gasteiger partial charge in [-0.25, -0.2) is 14.3 Å². The van der Waals surface area contributed by atoms with Crippen LogP contribution < -0.4 is 10.2 Å². The van der Waals surface area contributed by atoms with Gasteiger partial charge in [-0.15, -0.1) is 0 Å². The van der Waals surface area contributed by atoms with Gasteiger partial charge in [0.05, 0.1) is 12.3 Å². The van der Waals surface area contributed by atoms with Crippen LogP contribution in [0.5, 0.6) is 0 Å².